The average molecular weight is 564 g/mol. The van der Waals surface area contributed by atoms with Gasteiger partial charge in [0, 0.05) is 25.4 Å². The first-order valence-electron chi connectivity index (χ1n) is 14.7. The summed E-state index contributed by atoms with van der Waals surface area (Å²) in [6.07, 6.45) is 4.28. The predicted octanol–water partition coefficient (Wildman–Crippen LogP) is 7.11. The summed E-state index contributed by atoms with van der Waals surface area (Å²) in [6.45, 7) is 2.58. The van der Waals surface area contributed by atoms with Crippen LogP contribution in [-0.4, -0.2) is 32.5 Å². The number of nitrogens with zero attached hydrogens (tertiary/aromatic N) is 3. The number of benzene rings is 5. The van der Waals surface area contributed by atoms with E-state index in [2.05, 4.69) is 77.4 Å². The number of aromatic nitrogens is 2. The average Bonchev–Trinajstić information content (AvgIpc) is 3.68. The van der Waals surface area contributed by atoms with Crippen LogP contribution in [0.2, 0.25) is 0 Å². The number of imidazole rings is 1. The minimum absolute atomic E-state index is 0.0512. The van der Waals surface area contributed by atoms with Crippen LogP contribution in [0.15, 0.2) is 134 Å². The smallest absolute Gasteiger partial charge is 0.254 e. The first-order chi connectivity index (χ1) is 21.0. The van der Waals surface area contributed by atoms with Crippen molar-refractivity contribution in [3.8, 4) is 0 Å². The molecule has 7 rings (SSSR count). The molecular weight excluding hydrogens is 530 g/mol. The highest BCUT2D eigenvalue weighted by atomic mass is 16.3. The first kappa shape index (κ1) is 26.9. The highest BCUT2D eigenvalue weighted by Crippen LogP contribution is 2.43. The second-order valence-electron chi connectivity index (χ2n) is 11.4. The SMILES string of the molecule is CCC(O)(c1ccc2c3c(ccc2c1)C(=O)N(C)C3)c1cn(C(c2ccccc2)(c2ccccc2)c2ccccc2)cn1. The number of aliphatic hydroxyl groups is 1. The lowest BCUT2D eigenvalue weighted by atomic mass is 9.76. The van der Waals surface area contributed by atoms with E-state index in [1.54, 1.807) is 4.90 Å². The van der Waals surface area contributed by atoms with E-state index < -0.39 is 11.1 Å². The summed E-state index contributed by atoms with van der Waals surface area (Å²) in [4.78, 5) is 19.2. The van der Waals surface area contributed by atoms with Gasteiger partial charge in [0.2, 0.25) is 0 Å². The quantitative estimate of drug-likeness (QED) is 0.211. The summed E-state index contributed by atoms with van der Waals surface area (Å²) in [5.74, 6) is 0.0512. The van der Waals surface area contributed by atoms with Gasteiger partial charge in [-0.05, 0) is 57.1 Å². The maximum absolute atomic E-state index is 12.6. The Balaban J connectivity index is 1.40. The summed E-state index contributed by atoms with van der Waals surface area (Å²) >= 11 is 0. The first-order valence-corrected chi connectivity index (χ1v) is 14.7. The Morgan fingerprint density at radius 3 is 1.91 bits per heavy atom. The zero-order valence-corrected chi connectivity index (χ0v) is 24.3. The molecule has 1 N–H and O–H groups in total. The maximum atomic E-state index is 12.6. The van der Waals surface area contributed by atoms with Crippen LogP contribution in [0.3, 0.4) is 0 Å². The molecule has 1 aromatic heterocycles. The minimum atomic E-state index is -1.32. The van der Waals surface area contributed by atoms with Crippen molar-refractivity contribution in [1.82, 2.24) is 14.5 Å². The van der Waals surface area contributed by atoms with Gasteiger partial charge in [0.15, 0.2) is 0 Å². The molecule has 1 aliphatic rings. The van der Waals surface area contributed by atoms with Gasteiger partial charge in [0.05, 0.1) is 12.0 Å². The molecule has 1 aliphatic heterocycles. The van der Waals surface area contributed by atoms with E-state index in [0.717, 1.165) is 44.2 Å². The van der Waals surface area contributed by atoms with Crippen molar-refractivity contribution in [1.29, 1.82) is 0 Å². The molecule has 0 saturated heterocycles. The summed E-state index contributed by atoms with van der Waals surface area (Å²) in [5, 5.41) is 14.4. The second kappa shape index (κ2) is 10.4. The van der Waals surface area contributed by atoms with Crippen molar-refractivity contribution in [2.45, 2.75) is 31.0 Å². The fraction of sp³-hybridized carbons (Fsp3) is 0.158. The topological polar surface area (TPSA) is 58.4 Å². The number of fused-ring (bicyclic) bond motifs is 3. The third kappa shape index (κ3) is 4.11. The van der Waals surface area contributed by atoms with Crippen molar-refractivity contribution in [3.05, 3.63) is 173 Å². The van der Waals surface area contributed by atoms with Crippen molar-refractivity contribution in [3.63, 3.8) is 0 Å². The molecule has 43 heavy (non-hydrogen) atoms. The Hall–Kier alpha value is -5.00. The fourth-order valence-electron chi connectivity index (χ4n) is 6.78. The highest BCUT2D eigenvalue weighted by Gasteiger charge is 2.40. The predicted molar refractivity (Wildman–Crippen MR) is 170 cm³/mol. The second-order valence-corrected chi connectivity index (χ2v) is 11.4. The lowest BCUT2D eigenvalue weighted by Gasteiger charge is -2.37. The molecule has 1 unspecified atom stereocenters. The molecule has 5 nitrogen and oxygen atoms in total. The Morgan fingerprint density at radius 1 is 0.767 bits per heavy atom. The third-order valence-corrected chi connectivity index (χ3v) is 9.06. The summed E-state index contributed by atoms with van der Waals surface area (Å²) in [6, 6.07) is 41.3. The molecule has 5 aromatic carbocycles. The van der Waals surface area contributed by atoms with Gasteiger partial charge < -0.3 is 14.6 Å². The van der Waals surface area contributed by atoms with Crippen LogP contribution < -0.4 is 0 Å². The largest absolute Gasteiger partial charge is 0.379 e. The number of hydrogen-bond donors (Lipinski definition) is 1. The molecule has 6 aromatic rings. The van der Waals surface area contributed by atoms with Crippen LogP contribution in [0.5, 0.6) is 0 Å². The highest BCUT2D eigenvalue weighted by molar-refractivity contribution is 6.04. The van der Waals surface area contributed by atoms with Crippen LogP contribution in [0, 0.1) is 0 Å². The molecule has 212 valence electrons. The van der Waals surface area contributed by atoms with Crippen molar-refractivity contribution >= 4 is 16.7 Å². The monoisotopic (exact) mass is 563 g/mol. The van der Waals surface area contributed by atoms with Gasteiger partial charge in [-0.25, -0.2) is 4.98 Å². The Kier molecular flexibility index (Phi) is 6.48. The summed E-state index contributed by atoms with van der Waals surface area (Å²) < 4.78 is 2.14. The molecule has 0 radical (unpaired) electrons. The Bertz CT molecular complexity index is 1840. The lowest BCUT2D eigenvalue weighted by Crippen LogP contribution is -2.37. The molecule has 0 bridgehead atoms. The van der Waals surface area contributed by atoms with Crippen molar-refractivity contribution in [2.75, 3.05) is 7.05 Å². The fourth-order valence-corrected chi connectivity index (χ4v) is 6.78. The van der Waals surface area contributed by atoms with Gasteiger partial charge in [0.1, 0.15) is 11.1 Å². The number of rotatable bonds is 7. The summed E-state index contributed by atoms with van der Waals surface area (Å²) in [7, 11) is 1.83. The van der Waals surface area contributed by atoms with Gasteiger partial charge in [-0.3, -0.25) is 4.79 Å². The van der Waals surface area contributed by atoms with E-state index >= 15 is 0 Å². The van der Waals surface area contributed by atoms with Crippen LogP contribution in [-0.2, 0) is 17.7 Å². The van der Waals surface area contributed by atoms with E-state index in [9.17, 15) is 9.90 Å². The molecule has 0 saturated carbocycles. The normalized spacial score (nSPS) is 14.6. The van der Waals surface area contributed by atoms with Gasteiger partial charge in [-0.1, -0.05) is 116 Å². The van der Waals surface area contributed by atoms with Crippen LogP contribution in [0.4, 0.5) is 0 Å². The molecule has 5 heteroatoms. The van der Waals surface area contributed by atoms with E-state index in [1.165, 1.54) is 0 Å². The van der Waals surface area contributed by atoms with Gasteiger partial charge in [-0.15, -0.1) is 0 Å². The summed E-state index contributed by atoms with van der Waals surface area (Å²) in [5.41, 5.74) is 4.40. The van der Waals surface area contributed by atoms with Gasteiger partial charge in [0.25, 0.3) is 5.91 Å². The zero-order chi connectivity index (χ0) is 29.6. The number of carbonyl (C=O) groups is 1. The molecule has 1 atom stereocenters. The minimum Gasteiger partial charge on any atom is -0.379 e. The van der Waals surface area contributed by atoms with Crippen LogP contribution in [0.25, 0.3) is 10.8 Å². The lowest BCUT2D eigenvalue weighted by molar-refractivity contribution is 0.0723. The van der Waals surface area contributed by atoms with E-state index in [0.29, 0.717) is 18.7 Å². The number of amides is 1. The molecular formula is C38H33N3O2. The molecule has 1 amide bonds. The Morgan fingerprint density at radius 2 is 1.35 bits per heavy atom. The standard InChI is InChI=1S/C38H33N3O2/c1-3-37(43,31-20-22-32-27(23-31)19-21-33-34(32)24-40(2)36(33)42)35-25-41(26-39-35)38(28-13-7-4-8-14-28,29-15-9-5-10-16-29)30-17-11-6-12-18-30/h4-23,25-26,43H,3,24H2,1-2H3. The van der Waals surface area contributed by atoms with Gasteiger partial charge >= 0.3 is 0 Å². The molecule has 2 heterocycles. The van der Waals surface area contributed by atoms with E-state index in [-0.39, 0.29) is 5.91 Å². The van der Waals surface area contributed by atoms with E-state index in [1.807, 2.05) is 75.0 Å². The van der Waals surface area contributed by atoms with Crippen LogP contribution in [0.1, 0.15) is 57.2 Å². The molecule has 0 fully saturated rings. The number of carbonyl (C=O) groups excluding carboxylic acids is 1. The number of hydrogen-bond acceptors (Lipinski definition) is 3. The van der Waals surface area contributed by atoms with Crippen molar-refractivity contribution < 1.29 is 9.90 Å². The third-order valence-electron chi connectivity index (χ3n) is 9.06. The molecule has 0 spiro atoms. The zero-order valence-electron chi connectivity index (χ0n) is 24.3. The van der Waals surface area contributed by atoms with Gasteiger partial charge in [-0.2, -0.15) is 0 Å². The maximum Gasteiger partial charge on any atom is 0.254 e. The van der Waals surface area contributed by atoms with Crippen LogP contribution >= 0.6 is 0 Å². The Labute approximate surface area is 251 Å². The van der Waals surface area contributed by atoms with E-state index in [4.69, 9.17) is 4.98 Å². The molecule has 0 aliphatic carbocycles. The van der Waals surface area contributed by atoms with Crippen molar-refractivity contribution in [2.24, 2.45) is 0 Å².